The molecule has 0 amide bonds. The Morgan fingerprint density at radius 1 is 1.48 bits per heavy atom. The Labute approximate surface area is 123 Å². The molecule has 1 aromatic rings. The second-order valence-electron chi connectivity index (χ2n) is 5.36. The highest BCUT2D eigenvalue weighted by Gasteiger charge is 2.29. The minimum atomic E-state index is -4.06. The van der Waals surface area contributed by atoms with Crippen molar-refractivity contribution in [2.75, 3.05) is 0 Å². The van der Waals surface area contributed by atoms with Crippen LogP contribution in [0.2, 0.25) is 0 Å². The number of sulfonamides is 1. The lowest BCUT2D eigenvalue weighted by molar-refractivity contribution is 0.0696. The third-order valence-electron chi connectivity index (χ3n) is 3.60. The van der Waals surface area contributed by atoms with Crippen LogP contribution in [-0.4, -0.2) is 25.5 Å². The van der Waals surface area contributed by atoms with E-state index in [1.165, 1.54) is 0 Å². The molecule has 0 aromatic heterocycles. The maximum absolute atomic E-state index is 13.7. The third-order valence-corrected chi connectivity index (χ3v) is 5.13. The molecule has 1 saturated carbocycles. The summed E-state index contributed by atoms with van der Waals surface area (Å²) in [6.45, 7) is 1.86. The molecule has 116 valence electrons. The molecule has 1 aliphatic carbocycles. The number of benzene rings is 1. The van der Waals surface area contributed by atoms with Gasteiger partial charge < -0.3 is 5.11 Å². The second-order valence-corrected chi connectivity index (χ2v) is 7.04. The molecular formula is C14H18FNO4S. The predicted octanol–water partition coefficient (Wildman–Crippen LogP) is 2.38. The van der Waals surface area contributed by atoms with Gasteiger partial charge in [-0.2, -0.15) is 0 Å². The van der Waals surface area contributed by atoms with Crippen LogP contribution in [0.25, 0.3) is 0 Å². The molecule has 1 fully saturated rings. The maximum atomic E-state index is 13.7. The van der Waals surface area contributed by atoms with Crippen LogP contribution in [0.5, 0.6) is 0 Å². The van der Waals surface area contributed by atoms with E-state index in [0.717, 1.165) is 37.5 Å². The molecule has 7 heteroatoms. The van der Waals surface area contributed by atoms with Gasteiger partial charge in [0.2, 0.25) is 10.0 Å². The lowest BCUT2D eigenvalue weighted by Gasteiger charge is -2.17. The number of hydrogen-bond donors (Lipinski definition) is 2. The topological polar surface area (TPSA) is 83.5 Å². The first kappa shape index (κ1) is 15.9. The Hall–Kier alpha value is -1.47. The molecule has 0 saturated heterocycles. The van der Waals surface area contributed by atoms with E-state index in [2.05, 4.69) is 4.72 Å². The average Bonchev–Trinajstić information content (AvgIpc) is 3.21. The Morgan fingerprint density at radius 2 is 2.14 bits per heavy atom. The third kappa shape index (κ3) is 4.01. The minimum absolute atomic E-state index is 0.254. The Kier molecular flexibility index (Phi) is 4.63. The van der Waals surface area contributed by atoms with Crippen LogP contribution in [0, 0.1) is 11.7 Å². The summed E-state index contributed by atoms with van der Waals surface area (Å²) in [7, 11) is -4.06. The minimum Gasteiger partial charge on any atom is -0.478 e. The second kappa shape index (κ2) is 6.11. The Morgan fingerprint density at radius 3 is 2.67 bits per heavy atom. The first-order valence-electron chi connectivity index (χ1n) is 6.88. The monoisotopic (exact) mass is 315 g/mol. The molecule has 1 unspecified atom stereocenters. The zero-order chi connectivity index (χ0) is 15.6. The molecule has 5 nitrogen and oxygen atoms in total. The molecule has 0 spiro atoms. The molecule has 1 aromatic carbocycles. The van der Waals surface area contributed by atoms with E-state index in [1.807, 2.05) is 6.92 Å². The van der Waals surface area contributed by atoms with Crippen LogP contribution >= 0.6 is 0 Å². The van der Waals surface area contributed by atoms with E-state index in [1.54, 1.807) is 0 Å². The maximum Gasteiger partial charge on any atom is 0.335 e. The molecule has 0 radical (unpaired) electrons. The Balaban J connectivity index is 2.25. The lowest BCUT2D eigenvalue weighted by atomic mass is 10.1. The summed E-state index contributed by atoms with van der Waals surface area (Å²) < 4.78 is 40.7. The number of nitrogens with one attached hydrogen (secondary N) is 1. The van der Waals surface area contributed by atoms with Crippen molar-refractivity contribution in [3.05, 3.63) is 29.6 Å². The molecular weight excluding hydrogens is 297 g/mol. The van der Waals surface area contributed by atoms with Crippen molar-refractivity contribution in [2.24, 2.45) is 5.92 Å². The number of carbonyl (C=O) groups is 1. The van der Waals surface area contributed by atoms with Crippen molar-refractivity contribution in [3.63, 3.8) is 0 Å². The summed E-state index contributed by atoms with van der Waals surface area (Å²) in [4.78, 5) is 10.3. The lowest BCUT2D eigenvalue weighted by Crippen LogP contribution is -2.35. The van der Waals surface area contributed by atoms with E-state index in [9.17, 15) is 17.6 Å². The fourth-order valence-electron chi connectivity index (χ4n) is 2.18. The van der Waals surface area contributed by atoms with Crippen molar-refractivity contribution in [2.45, 2.75) is 43.5 Å². The molecule has 2 rings (SSSR count). The quantitative estimate of drug-likeness (QED) is 0.809. The molecule has 0 aliphatic heterocycles. The van der Waals surface area contributed by atoms with Gasteiger partial charge >= 0.3 is 5.97 Å². The largest absolute Gasteiger partial charge is 0.478 e. The normalized spacial score (nSPS) is 16.7. The van der Waals surface area contributed by atoms with Gasteiger partial charge in [-0.05, 0) is 37.0 Å². The molecule has 1 aliphatic rings. The highest BCUT2D eigenvalue weighted by molar-refractivity contribution is 7.89. The molecule has 0 heterocycles. The van der Waals surface area contributed by atoms with Crippen LogP contribution in [-0.2, 0) is 10.0 Å². The van der Waals surface area contributed by atoms with Gasteiger partial charge in [0.25, 0.3) is 0 Å². The number of halogens is 1. The summed E-state index contributed by atoms with van der Waals surface area (Å²) in [6.07, 6.45) is 3.54. The average molecular weight is 315 g/mol. The fraction of sp³-hybridized carbons (Fsp3) is 0.500. The van der Waals surface area contributed by atoms with Gasteiger partial charge in [0.15, 0.2) is 0 Å². The summed E-state index contributed by atoms with van der Waals surface area (Å²) >= 11 is 0. The number of carboxylic acid groups (broad SMARTS) is 1. The number of aromatic carboxylic acids is 1. The van der Waals surface area contributed by atoms with Gasteiger partial charge in [-0.15, -0.1) is 0 Å². The van der Waals surface area contributed by atoms with E-state index in [-0.39, 0.29) is 11.6 Å². The van der Waals surface area contributed by atoms with Gasteiger partial charge in [-0.25, -0.2) is 22.3 Å². The fourth-order valence-corrected chi connectivity index (χ4v) is 3.61. The number of carboxylic acids is 1. The van der Waals surface area contributed by atoms with Crippen LogP contribution in [0.4, 0.5) is 4.39 Å². The summed E-state index contributed by atoms with van der Waals surface area (Å²) in [6, 6.07) is 2.50. The van der Waals surface area contributed by atoms with Gasteiger partial charge in [-0.1, -0.05) is 19.8 Å². The SMILES string of the molecule is CCC(CC1CC1)NS(=O)(=O)c1cc(C(=O)O)ccc1F. The summed E-state index contributed by atoms with van der Waals surface area (Å²) in [5.74, 6) is -1.71. The van der Waals surface area contributed by atoms with Crippen molar-refractivity contribution in [1.29, 1.82) is 0 Å². The van der Waals surface area contributed by atoms with Crippen LogP contribution < -0.4 is 4.72 Å². The predicted molar refractivity (Wildman–Crippen MR) is 75.1 cm³/mol. The van der Waals surface area contributed by atoms with Gasteiger partial charge in [0.05, 0.1) is 5.56 Å². The molecule has 2 N–H and O–H groups in total. The zero-order valence-electron chi connectivity index (χ0n) is 11.7. The molecule has 21 heavy (non-hydrogen) atoms. The number of hydrogen-bond acceptors (Lipinski definition) is 3. The van der Waals surface area contributed by atoms with Crippen molar-refractivity contribution in [3.8, 4) is 0 Å². The first-order chi connectivity index (χ1) is 9.83. The van der Waals surface area contributed by atoms with Crippen LogP contribution in [0.3, 0.4) is 0 Å². The van der Waals surface area contributed by atoms with Gasteiger partial charge in [0.1, 0.15) is 10.7 Å². The molecule has 0 bridgehead atoms. The highest BCUT2D eigenvalue weighted by Crippen LogP contribution is 2.34. The first-order valence-corrected chi connectivity index (χ1v) is 8.37. The highest BCUT2D eigenvalue weighted by atomic mass is 32.2. The van der Waals surface area contributed by atoms with E-state index < -0.39 is 26.7 Å². The van der Waals surface area contributed by atoms with Crippen LogP contribution in [0.15, 0.2) is 23.1 Å². The summed E-state index contributed by atoms with van der Waals surface area (Å²) in [5, 5.41) is 8.88. The smallest absolute Gasteiger partial charge is 0.335 e. The van der Waals surface area contributed by atoms with E-state index in [4.69, 9.17) is 5.11 Å². The van der Waals surface area contributed by atoms with Crippen molar-refractivity contribution in [1.82, 2.24) is 4.72 Å². The zero-order valence-corrected chi connectivity index (χ0v) is 12.5. The van der Waals surface area contributed by atoms with Gasteiger partial charge in [-0.3, -0.25) is 0 Å². The number of rotatable bonds is 7. The van der Waals surface area contributed by atoms with Crippen molar-refractivity contribution >= 4 is 16.0 Å². The molecule has 1 atom stereocenters. The van der Waals surface area contributed by atoms with E-state index in [0.29, 0.717) is 12.3 Å². The van der Waals surface area contributed by atoms with Crippen LogP contribution in [0.1, 0.15) is 43.0 Å². The van der Waals surface area contributed by atoms with Gasteiger partial charge in [0, 0.05) is 6.04 Å². The standard InChI is InChI=1S/C14H18FNO4S/c1-2-11(7-9-3-4-9)16-21(19,20)13-8-10(14(17)18)5-6-12(13)15/h5-6,8-9,11,16H,2-4,7H2,1H3,(H,17,18). The Bertz CT molecular complexity index is 640. The summed E-state index contributed by atoms with van der Waals surface area (Å²) in [5.41, 5.74) is -0.257. The van der Waals surface area contributed by atoms with Crippen molar-refractivity contribution < 1.29 is 22.7 Å². The van der Waals surface area contributed by atoms with E-state index >= 15 is 0 Å².